The quantitative estimate of drug-likeness (QED) is 0.145. The van der Waals surface area contributed by atoms with Crippen LogP contribution in [-0.4, -0.2) is 115 Å². The Labute approximate surface area is 255 Å². The van der Waals surface area contributed by atoms with E-state index in [0.29, 0.717) is 5.56 Å². The van der Waals surface area contributed by atoms with Gasteiger partial charge in [-0.2, -0.15) is 0 Å². The van der Waals surface area contributed by atoms with E-state index in [-0.39, 0.29) is 19.4 Å². The highest BCUT2D eigenvalue weighted by atomic mass is 16.8. The molecule has 7 aliphatic rings. The second-order valence-electron chi connectivity index (χ2n) is 12.4. The number of phenols is 3. The topological polar surface area (TPSA) is 231 Å². The SMILES string of the molecule is C[C@@]12C[C@@]3(O)O[C@@H](O1)[C@]1(COC(=O)c4ccccc4)[C@H]3C[C@]12O[C@@H]1O[C@H](CO)[C@@H](OC(=O)c2cc(O)c(O)c(O)c2)[C@H](O)[C@H]1O. The van der Waals surface area contributed by atoms with Crippen LogP contribution in [0.5, 0.6) is 17.2 Å². The summed E-state index contributed by atoms with van der Waals surface area (Å²) in [6.07, 6.45) is -9.22. The Bertz CT molecular complexity index is 1510. The second kappa shape index (κ2) is 9.98. The first-order valence-corrected chi connectivity index (χ1v) is 14.4. The van der Waals surface area contributed by atoms with Gasteiger partial charge in [-0.05, 0) is 37.6 Å². The third-order valence-corrected chi connectivity index (χ3v) is 10.1. The summed E-state index contributed by atoms with van der Waals surface area (Å²) in [7, 11) is 0. The monoisotopic (exact) mass is 632 g/mol. The predicted molar refractivity (Wildman–Crippen MR) is 143 cm³/mol. The Kier molecular flexibility index (Phi) is 6.68. The number of aromatic hydroxyl groups is 3. The van der Waals surface area contributed by atoms with Crippen LogP contribution >= 0.6 is 0 Å². The van der Waals surface area contributed by atoms with Crippen LogP contribution in [0.1, 0.15) is 40.5 Å². The second-order valence-corrected chi connectivity index (χ2v) is 12.4. The molecule has 2 aromatic rings. The Balaban J connectivity index is 1.13. The van der Waals surface area contributed by atoms with Gasteiger partial charge in [0.25, 0.3) is 0 Å². The first kappa shape index (κ1) is 30.1. The number of carbonyl (C=O) groups is 2. The summed E-state index contributed by atoms with van der Waals surface area (Å²) in [6.45, 7) is 0.642. The molecule has 7 N–H and O–H groups in total. The van der Waals surface area contributed by atoms with Crippen LogP contribution in [0.4, 0.5) is 0 Å². The van der Waals surface area contributed by atoms with Crippen molar-refractivity contribution in [1.29, 1.82) is 0 Å². The lowest BCUT2D eigenvalue weighted by Crippen LogP contribution is -2.80. The molecule has 15 nitrogen and oxygen atoms in total. The largest absolute Gasteiger partial charge is 0.504 e. The average Bonchev–Trinajstić information content (AvgIpc) is 3.20. The van der Waals surface area contributed by atoms with E-state index < -0.39 is 107 Å². The van der Waals surface area contributed by atoms with Crippen molar-refractivity contribution in [2.45, 2.75) is 73.8 Å². The van der Waals surface area contributed by atoms with E-state index in [0.717, 1.165) is 12.1 Å². The van der Waals surface area contributed by atoms with E-state index in [4.69, 9.17) is 28.4 Å². The molecule has 7 fully saturated rings. The molecule has 0 radical (unpaired) electrons. The Morgan fingerprint density at radius 1 is 0.978 bits per heavy atom. The number of hydrogen-bond donors (Lipinski definition) is 7. The minimum Gasteiger partial charge on any atom is -0.504 e. The summed E-state index contributed by atoms with van der Waals surface area (Å²) < 4.78 is 35.5. The zero-order valence-electron chi connectivity index (χ0n) is 23.8. The lowest BCUT2D eigenvalue weighted by atomic mass is 9.41. The van der Waals surface area contributed by atoms with Crippen LogP contribution in [0, 0.1) is 11.3 Å². The molecule has 242 valence electrons. The average molecular weight is 633 g/mol. The van der Waals surface area contributed by atoms with Crippen LogP contribution in [0.15, 0.2) is 42.5 Å². The Morgan fingerprint density at radius 3 is 2.33 bits per heavy atom. The number of ether oxygens (including phenoxy) is 6. The Morgan fingerprint density at radius 2 is 1.67 bits per heavy atom. The molecule has 4 aliphatic heterocycles. The number of aliphatic hydroxyl groups is 4. The van der Waals surface area contributed by atoms with Gasteiger partial charge < -0.3 is 64.2 Å². The van der Waals surface area contributed by atoms with Gasteiger partial charge in [0.05, 0.1) is 23.1 Å². The normalized spacial score (nSPS) is 42.3. The van der Waals surface area contributed by atoms with Crippen molar-refractivity contribution in [1.82, 2.24) is 0 Å². The minimum absolute atomic E-state index is 0.00307. The summed E-state index contributed by atoms with van der Waals surface area (Å²) in [5.74, 6) is -6.40. The molecular weight excluding hydrogens is 600 g/mol. The Hall–Kier alpha value is -3.54. The minimum atomic E-state index is -1.85. The van der Waals surface area contributed by atoms with Crippen LogP contribution in [-0.2, 0) is 28.4 Å². The third kappa shape index (κ3) is 3.99. The summed E-state index contributed by atoms with van der Waals surface area (Å²) in [5, 5.41) is 72.7. The maximum atomic E-state index is 12.9. The molecule has 4 saturated heterocycles. The molecule has 11 atom stereocenters. The molecule has 15 heteroatoms. The number of phenolic OH excluding ortho intramolecular Hbond substituents is 3. The zero-order chi connectivity index (χ0) is 32.1. The summed E-state index contributed by atoms with van der Waals surface area (Å²) in [4.78, 5) is 25.7. The standard InChI is InChI=1S/C30H32O15/c1-27-11-29(39)18-9-30(27,28(18,26(44-27)45-29)12-40-23(37)13-5-3-2-4-6-13)43-25-21(36)20(35)22(17(10-31)41-25)42-24(38)14-7-15(32)19(34)16(33)8-14/h2-8,17-18,20-22,25-26,31-36,39H,9-12H2,1H3/t17-,18-,20-,21-,22-,25+,26-,27+,28+,29-,30-/m1/s1. The van der Waals surface area contributed by atoms with E-state index in [2.05, 4.69) is 0 Å². The van der Waals surface area contributed by atoms with Gasteiger partial charge in [-0.3, -0.25) is 0 Å². The third-order valence-electron chi connectivity index (χ3n) is 10.1. The van der Waals surface area contributed by atoms with Gasteiger partial charge in [-0.1, -0.05) is 18.2 Å². The van der Waals surface area contributed by atoms with Gasteiger partial charge in [0, 0.05) is 12.3 Å². The molecule has 3 saturated carbocycles. The number of rotatable bonds is 8. The lowest BCUT2D eigenvalue weighted by molar-refractivity contribution is -0.424. The molecule has 0 amide bonds. The molecular formula is C30H32O15. The zero-order valence-corrected chi connectivity index (χ0v) is 23.8. The van der Waals surface area contributed by atoms with Crippen LogP contribution in [0.25, 0.3) is 0 Å². The van der Waals surface area contributed by atoms with Gasteiger partial charge in [0.2, 0.25) is 0 Å². The summed E-state index contributed by atoms with van der Waals surface area (Å²) in [5.41, 5.74) is -3.85. The summed E-state index contributed by atoms with van der Waals surface area (Å²) >= 11 is 0. The fourth-order valence-electron chi connectivity index (χ4n) is 7.92. The predicted octanol–water partition coefficient (Wildman–Crippen LogP) is -0.376. The molecule has 0 aromatic heterocycles. The van der Waals surface area contributed by atoms with E-state index in [1.54, 1.807) is 37.3 Å². The van der Waals surface area contributed by atoms with E-state index in [1.165, 1.54) is 0 Å². The fraction of sp³-hybridized carbons (Fsp3) is 0.533. The molecule has 3 aliphatic carbocycles. The van der Waals surface area contributed by atoms with E-state index >= 15 is 0 Å². The van der Waals surface area contributed by atoms with Gasteiger partial charge in [0.1, 0.15) is 36.1 Å². The molecule has 2 aromatic carbocycles. The van der Waals surface area contributed by atoms with Crippen LogP contribution in [0.3, 0.4) is 0 Å². The number of hydrogen-bond acceptors (Lipinski definition) is 15. The molecule has 6 bridgehead atoms. The highest BCUT2D eigenvalue weighted by Gasteiger charge is 2.94. The van der Waals surface area contributed by atoms with Gasteiger partial charge in [-0.25, -0.2) is 9.59 Å². The van der Waals surface area contributed by atoms with E-state index in [9.17, 15) is 45.3 Å². The lowest BCUT2D eigenvalue weighted by Gasteiger charge is -2.67. The van der Waals surface area contributed by atoms with Crippen molar-refractivity contribution in [2.24, 2.45) is 11.3 Å². The van der Waals surface area contributed by atoms with Gasteiger partial charge in [-0.15, -0.1) is 0 Å². The summed E-state index contributed by atoms with van der Waals surface area (Å²) in [6, 6.07) is 9.94. The number of benzene rings is 2. The van der Waals surface area contributed by atoms with Crippen LogP contribution in [0.2, 0.25) is 0 Å². The van der Waals surface area contributed by atoms with Gasteiger partial charge >= 0.3 is 11.9 Å². The molecule has 4 heterocycles. The van der Waals surface area contributed by atoms with Crippen molar-refractivity contribution in [3.05, 3.63) is 53.6 Å². The van der Waals surface area contributed by atoms with E-state index in [1.807, 2.05) is 0 Å². The highest BCUT2D eigenvalue weighted by molar-refractivity contribution is 5.91. The van der Waals surface area contributed by atoms with Crippen LogP contribution < -0.4 is 0 Å². The number of aliphatic hydroxyl groups excluding tert-OH is 3. The first-order valence-electron chi connectivity index (χ1n) is 14.4. The first-order chi connectivity index (χ1) is 21.3. The molecule has 0 spiro atoms. The smallest absolute Gasteiger partial charge is 0.338 e. The highest BCUT2D eigenvalue weighted by Crippen LogP contribution is 2.81. The fourth-order valence-corrected chi connectivity index (χ4v) is 7.92. The van der Waals surface area contributed by atoms with Crippen molar-refractivity contribution in [3.63, 3.8) is 0 Å². The molecule has 45 heavy (non-hydrogen) atoms. The number of esters is 2. The maximum Gasteiger partial charge on any atom is 0.338 e. The number of carbonyl (C=O) groups excluding carboxylic acids is 2. The van der Waals surface area contributed by atoms with Crippen molar-refractivity contribution in [2.75, 3.05) is 13.2 Å². The molecule has 9 rings (SSSR count). The van der Waals surface area contributed by atoms with Gasteiger partial charge in [0.15, 0.2) is 41.7 Å². The molecule has 0 unspecified atom stereocenters. The van der Waals surface area contributed by atoms with Crippen molar-refractivity contribution in [3.8, 4) is 17.2 Å². The van der Waals surface area contributed by atoms with Crippen molar-refractivity contribution < 1.29 is 73.8 Å². The maximum absolute atomic E-state index is 12.9. The van der Waals surface area contributed by atoms with Crippen molar-refractivity contribution >= 4 is 11.9 Å².